The van der Waals surface area contributed by atoms with Gasteiger partial charge in [0.1, 0.15) is 11.5 Å². The SMILES string of the molecule is Cc1ccc(-c2c(C(=O)N/N=C/c3c(F)cccc3Cl)nnn2-c2nonc2N)cc1. The molecule has 0 bridgehead atoms. The average molecular weight is 441 g/mol. The minimum atomic E-state index is -0.694. The van der Waals surface area contributed by atoms with Gasteiger partial charge in [0.15, 0.2) is 5.69 Å². The average Bonchev–Trinajstić information content (AvgIpc) is 3.36. The molecule has 0 unspecified atom stereocenters. The molecule has 0 radical (unpaired) electrons. The predicted molar refractivity (Wildman–Crippen MR) is 110 cm³/mol. The molecule has 1 amide bonds. The Kier molecular flexibility index (Phi) is 5.41. The van der Waals surface area contributed by atoms with E-state index in [1.54, 1.807) is 12.1 Å². The van der Waals surface area contributed by atoms with E-state index < -0.39 is 11.7 Å². The fourth-order valence-electron chi connectivity index (χ4n) is 2.73. The zero-order valence-corrected chi connectivity index (χ0v) is 16.7. The number of nitrogen functional groups attached to an aromatic ring is 1. The second kappa shape index (κ2) is 8.32. The zero-order valence-electron chi connectivity index (χ0n) is 16.0. The number of benzene rings is 2. The van der Waals surface area contributed by atoms with E-state index in [1.165, 1.54) is 22.9 Å². The summed E-state index contributed by atoms with van der Waals surface area (Å²) in [6.07, 6.45) is 1.10. The molecule has 31 heavy (non-hydrogen) atoms. The molecule has 4 rings (SSSR count). The largest absolute Gasteiger partial charge is 0.378 e. The number of nitrogens with one attached hydrogen (secondary N) is 1. The van der Waals surface area contributed by atoms with Gasteiger partial charge in [0, 0.05) is 11.1 Å². The number of amides is 1. The molecule has 3 N–H and O–H groups in total. The molecule has 0 saturated heterocycles. The highest BCUT2D eigenvalue weighted by Crippen LogP contribution is 2.26. The summed E-state index contributed by atoms with van der Waals surface area (Å²) in [6.45, 7) is 1.93. The number of anilines is 1. The van der Waals surface area contributed by atoms with Crippen LogP contribution < -0.4 is 11.2 Å². The van der Waals surface area contributed by atoms with Crippen LogP contribution in [0.3, 0.4) is 0 Å². The molecule has 4 aromatic rings. The lowest BCUT2D eigenvalue weighted by Gasteiger charge is -2.06. The third-order valence-corrected chi connectivity index (χ3v) is 4.60. The first-order valence-electron chi connectivity index (χ1n) is 8.84. The maximum Gasteiger partial charge on any atom is 0.294 e. The number of aromatic nitrogens is 5. The Morgan fingerprint density at radius 3 is 2.71 bits per heavy atom. The summed E-state index contributed by atoms with van der Waals surface area (Å²) < 4.78 is 19.7. The maximum absolute atomic E-state index is 13.9. The van der Waals surface area contributed by atoms with Crippen LogP contribution in [0.5, 0.6) is 0 Å². The van der Waals surface area contributed by atoms with E-state index >= 15 is 0 Å². The number of hydrogen-bond acceptors (Lipinski definition) is 8. The number of aryl methyl sites for hydroxylation is 1. The molecule has 2 aromatic carbocycles. The Labute approximate surface area is 179 Å². The number of halogens is 2. The van der Waals surface area contributed by atoms with Gasteiger partial charge in [0.25, 0.3) is 5.91 Å². The van der Waals surface area contributed by atoms with Crippen molar-refractivity contribution in [3.63, 3.8) is 0 Å². The summed E-state index contributed by atoms with van der Waals surface area (Å²) in [5, 5.41) is 19.1. The quantitative estimate of drug-likeness (QED) is 0.359. The van der Waals surface area contributed by atoms with E-state index in [1.807, 2.05) is 19.1 Å². The Morgan fingerprint density at radius 2 is 2.03 bits per heavy atom. The van der Waals surface area contributed by atoms with Crippen LogP contribution in [0, 0.1) is 12.7 Å². The van der Waals surface area contributed by atoms with Gasteiger partial charge in [-0.1, -0.05) is 52.7 Å². The Hall–Kier alpha value is -4.12. The smallest absolute Gasteiger partial charge is 0.294 e. The molecule has 0 aliphatic heterocycles. The third-order valence-electron chi connectivity index (χ3n) is 4.27. The van der Waals surface area contributed by atoms with Crippen LogP contribution in [-0.2, 0) is 0 Å². The second-order valence-electron chi connectivity index (χ2n) is 6.37. The molecule has 2 aromatic heterocycles. The van der Waals surface area contributed by atoms with Gasteiger partial charge in [-0.25, -0.2) is 14.4 Å². The summed E-state index contributed by atoms with van der Waals surface area (Å²) in [7, 11) is 0. The summed E-state index contributed by atoms with van der Waals surface area (Å²) in [4.78, 5) is 12.8. The second-order valence-corrected chi connectivity index (χ2v) is 6.78. The van der Waals surface area contributed by atoms with Crippen molar-refractivity contribution in [2.45, 2.75) is 6.92 Å². The lowest BCUT2D eigenvalue weighted by atomic mass is 10.1. The highest BCUT2D eigenvalue weighted by molar-refractivity contribution is 6.33. The highest BCUT2D eigenvalue weighted by Gasteiger charge is 2.25. The number of hydrogen-bond donors (Lipinski definition) is 2. The normalized spacial score (nSPS) is 11.2. The molecule has 0 fully saturated rings. The Morgan fingerprint density at radius 1 is 1.26 bits per heavy atom. The first-order valence-corrected chi connectivity index (χ1v) is 9.22. The maximum atomic E-state index is 13.9. The molecular weight excluding hydrogens is 427 g/mol. The predicted octanol–water partition coefficient (Wildman–Crippen LogP) is 2.76. The van der Waals surface area contributed by atoms with Crippen molar-refractivity contribution in [2.24, 2.45) is 5.10 Å². The van der Waals surface area contributed by atoms with Crippen LogP contribution in [0.2, 0.25) is 5.02 Å². The minimum absolute atomic E-state index is 0.0302. The molecule has 0 atom stereocenters. The van der Waals surface area contributed by atoms with Gasteiger partial charge in [-0.2, -0.15) is 9.78 Å². The first-order chi connectivity index (χ1) is 15.0. The monoisotopic (exact) mass is 440 g/mol. The standard InChI is InChI=1S/C19H14ClFN8O2/c1-10-5-7-11(8-6-10)16-15(24-28-29(16)18-17(22)26-31-27-18)19(30)25-23-9-12-13(20)3-2-4-14(12)21/h2-9H,1H3,(H2,22,26)(H,25,30)/b23-9+. The fourth-order valence-corrected chi connectivity index (χ4v) is 2.95. The zero-order chi connectivity index (χ0) is 22.0. The van der Waals surface area contributed by atoms with Crippen LogP contribution in [0.4, 0.5) is 10.2 Å². The van der Waals surface area contributed by atoms with Gasteiger partial charge in [-0.15, -0.1) is 5.10 Å². The number of carbonyl (C=O) groups is 1. The molecule has 0 spiro atoms. The van der Waals surface area contributed by atoms with Crippen molar-refractivity contribution in [3.05, 3.63) is 70.1 Å². The van der Waals surface area contributed by atoms with Crippen LogP contribution >= 0.6 is 11.6 Å². The lowest BCUT2D eigenvalue weighted by molar-refractivity contribution is 0.0950. The van der Waals surface area contributed by atoms with Crippen molar-refractivity contribution in [1.29, 1.82) is 0 Å². The Bertz CT molecular complexity index is 1260. The van der Waals surface area contributed by atoms with Gasteiger partial charge in [-0.3, -0.25) is 4.79 Å². The Balaban J connectivity index is 1.70. The van der Waals surface area contributed by atoms with Crippen LogP contribution in [0.1, 0.15) is 21.6 Å². The van der Waals surface area contributed by atoms with Gasteiger partial charge in [0.05, 0.1) is 11.2 Å². The van der Waals surface area contributed by atoms with Gasteiger partial charge in [0.2, 0.25) is 11.6 Å². The number of nitrogens with zero attached hydrogens (tertiary/aromatic N) is 6. The summed E-state index contributed by atoms with van der Waals surface area (Å²) in [5.41, 5.74) is 9.96. The molecule has 2 heterocycles. The van der Waals surface area contributed by atoms with E-state index in [9.17, 15) is 9.18 Å². The molecule has 0 aliphatic carbocycles. The van der Waals surface area contributed by atoms with E-state index in [4.69, 9.17) is 17.3 Å². The summed E-state index contributed by atoms with van der Waals surface area (Å²) in [5.74, 6) is -1.23. The summed E-state index contributed by atoms with van der Waals surface area (Å²) in [6, 6.07) is 11.5. The molecule has 0 saturated carbocycles. The van der Waals surface area contributed by atoms with Crippen molar-refractivity contribution in [2.75, 3.05) is 5.73 Å². The summed E-state index contributed by atoms with van der Waals surface area (Å²) >= 11 is 5.95. The van der Waals surface area contributed by atoms with Crippen molar-refractivity contribution >= 4 is 29.5 Å². The minimum Gasteiger partial charge on any atom is -0.378 e. The van der Waals surface area contributed by atoms with Gasteiger partial charge < -0.3 is 5.73 Å². The van der Waals surface area contributed by atoms with Crippen LogP contribution in [-0.4, -0.2) is 37.4 Å². The van der Waals surface area contributed by atoms with E-state index in [-0.39, 0.29) is 27.9 Å². The van der Waals surface area contributed by atoms with Crippen LogP contribution in [0.15, 0.2) is 52.2 Å². The fraction of sp³-hybridized carbons (Fsp3) is 0.0526. The van der Waals surface area contributed by atoms with E-state index in [0.29, 0.717) is 11.3 Å². The van der Waals surface area contributed by atoms with E-state index in [2.05, 4.69) is 35.8 Å². The molecule has 156 valence electrons. The molecule has 10 nitrogen and oxygen atoms in total. The van der Waals surface area contributed by atoms with Gasteiger partial charge >= 0.3 is 0 Å². The van der Waals surface area contributed by atoms with Crippen molar-refractivity contribution in [3.8, 4) is 17.1 Å². The first kappa shape index (κ1) is 20.2. The molecule has 0 aliphatic rings. The van der Waals surface area contributed by atoms with Gasteiger partial charge in [-0.05, 0) is 29.4 Å². The molecular formula is C19H14ClFN8O2. The topological polar surface area (TPSA) is 137 Å². The van der Waals surface area contributed by atoms with E-state index in [0.717, 1.165) is 11.8 Å². The number of rotatable bonds is 5. The third kappa shape index (κ3) is 3.98. The highest BCUT2D eigenvalue weighted by atomic mass is 35.5. The number of hydrazone groups is 1. The van der Waals surface area contributed by atoms with Crippen LogP contribution in [0.25, 0.3) is 17.1 Å². The number of carbonyl (C=O) groups excluding carboxylic acids is 1. The lowest BCUT2D eigenvalue weighted by Crippen LogP contribution is -2.19. The number of nitrogens with two attached hydrogens (primary N) is 1. The molecule has 12 heteroatoms. The van der Waals surface area contributed by atoms with Crippen molar-refractivity contribution in [1.82, 2.24) is 30.7 Å². The van der Waals surface area contributed by atoms with Crippen molar-refractivity contribution < 1.29 is 13.8 Å².